The molecule has 2 aromatic rings. The number of hydrogen-bond donors (Lipinski definition) is 1. The van der Waals surface area contributed by atoms with Gasteiger partial charge in [0.25, 0.3) is 5.91 Å². The average Bonchev–Trinajstić information content (AvgIpc) is 2.67. The normalized spacial score (nSPS) is 10.8. The fourth-order valence-electron chi connectivity index (χ4n) is 2.19. The summed E-state index contributed by atoms with van der Waals surface area (Å²) in [6.07, 6.45) is 3.10. The van der Waals surface area contributed by atoms with Crippen molar-refractivity contribution < 1.29 is 14.3 Å². The van der Waals surface area contributed by atoms with Gasteiger partial charge in [0.2, 0.25) is 0 Å². The molecule has 0 aliphatic heterocycles. The molecule has 144 valence electrons. The Balaban J connectivity index is 2.31. The Morgan fingerprint density at radius 1 is 1.32 bits per heavy atom. The number of amides is 1. The number of carbonyl (C=O) groups excluding carboxylic acids is 1. The van der Waals surface area contributed by atoms with Gasteiger partial charge in [0.15, 0.2) is 11.5 Å². The predicted molar refractivity (Wildman–Crippen MR) is 120 cm³/mol. The minimum Gasteiger partial charge on any atom is -0.493 e. The number of nitrogens with zero attached hydrogens (tertiary/aromatic N) is 1. The maximum Gasteiger partial charge on any atom is 0.266 e. The van der Waals surface area contributed by atoms with E-state index in [2.05, 4.69) is 34.5 Å². The zero-order chi connectivity index (χ0) is 20.7. The molecule has 0 saturated carbocycles. The van der Waals surface area contributed by atoms with E-state index in [1.807, 2.05) is 6.07 Å². The van der Waals surface area contributed by atoms with Crippen molar-refractivity contribution in [1.29, 1.82) is 5.26 Å². The fourth-order valence-corrected chi connectivity index (χ4v) is 3.27. The van der Waals surface area contributed by atoms with E-state index in [-0.39, 0.29) is 5.57 Å². The molecule has 0 atom stereocenters. The third kappa shape index (κ3) is 5.64. The summed E-state index contributed by atoms with van der Waals surface area (Å²) in [5.74, 6) is 0.489. The van der Waals surface area contributed by atoms with Crippen LogP contribution in [-0.4, -0.2) is 19.6 Å². The van der Waals surface area contributed by atoms with Gasteiger partial charge in [0.1, 0.15) is 18.2 Å². The van der Waals surface area contributed by atoms with Crippen molar-refractivity contribution in [3.8, 4) is 17.6 Å². The Morgan fingerprint density at radius 3 is 2.68 bits per heavy atom. The van der Waals surface area contributed by atoms with Gasteiger partial charge in [-0.2, -0.15) is 5.26 Å². The molecular formula is C20H15Cl2IN2O3. The van der Waals surface area contributed by atoms with E-state index in [4.69, 9.17) is 32.7 Å². The van der Waals surface area contributed by atoms with Crippen LogP contribution in [0.1, 0.15) is 5.56 Å². The van der Waals surface area contributed by atoms with Crippen LogP contribution >= 0.6 is 45.8 Å². The first-order valence-corrected chi connectivity index (χ1v) is 9.72. The maximum absolute atomic E-state index is 12.4. The third-order valence-electron chi connectivity index (χ3n) is 3.45. The molecule has 0 aromatic heterocycles. The first-order valence-electron chi connectivity index (χ1n) is 7.89. The number of carbonyl (C=O) groups is 1. The third-order valence-corrected chi connectivity index (χ3v) is 4.99. The van der Waals surface area contributed by atoms with Crippen LogP contribution in [0.25, 0.3) is 6.08 Å². The molecule has 1 N–H and O–H groups in total. The molecule has 2 aromatic carbocycles. The lowest BCUT2D eigenvalue weighted by Gasteiger charge is -2.12. The Morgan fingerprint density at radius 2 is 2.07 bits per heavy atom. The molecule has 0 saturated heterocycles. The van der Waals surface area contributed by atoms with Gasteiger partial charge in [-0.3, -0.25) is 4.79 Å². The summed E-state index contributed by atoms with van der Waals surface area (Å²) in [6.45, 7) is 3.95. The number of nitrogens with one attached hydrogen (secondary N) is 1. The lowest BCUT2D eigenvalue weighted by molar-refractivity contribution is -0.112. The molecule has 2 rings (SSSR count). The van der Waals surface area contributed by atoms with E-state index in [1.165, 1.54) is 19.3 Å². The molecule has 0 unspecified atom stereocenters. The second-order valence-corrected chi connectivity index (χ2v) is 7.36. The van der Waals surface area contributed by atoms with Gasteiger partial charge in [0.05, 0.1) is 20.7 Å². The van der Waals surface area contributed by atoms with Crippen LogP contribution in [0.3, 0.4) is 0 Å². The van der Waals surface area contributed by atoms with Gasteiger partial charge in [0, 0.05) is 5.69 Å². The number of anilines is 1. The van der Waals surface area contributed by atoms with Crippen molar-refractivity contribution in [2.24, 2.45) is 0 Å². The highest BCUT2D eigenvalue weighted by molar-refractivity contribution is 14.1. The van der Waals surface area contributed by atoms with E-state index < -0.39 is 5.91 Å². The summed E-state index contributed by atoms with van der Waals surface area (Å²) in [6, 6.07) is 10.0. The number of methoxy groups -OCH3 is 1. The molecule has 0 fully saturated rings. The van der Waals surface area contributed by atoms with Crippen molar-refractivity contribution >= 4 is 63.5 Å². The van der Waals surface area contributed by atoms with E-state index in [0.29, 0.717) is 39.4 Å². The molecule has 0 spiro atoms. The molecule has 8 heteroatoms. The Bertz CT molecular complexity index is 984. The summed E-state index contributed by atoms with van der Waals surface area (Å²) in [4.78, 5) is 12.4. The van der Waals surface area contributed by atoms with Crippen molar-refractivity contribution in [2.45, 2.75) is 0 Å². The molecule has 28 heavy (non-hydrogen) atoms. The van der Waals surface area contributed by atoms with E-state index in [9.17, 15) is 10.1 Å². The summed E-state index contributed by atoms with van der Waals surface area (Å²) < 4.78 is 11.7. The smallest absolute Gasteiger partial charge is 0.266 e. The van der Waals surface area contributed by atoms with Crippen molar-refractivity contribution in [2.75, 3.05) is 19.0 Å². The van der Waals surface area contributed by atoms with Crippen LogP contribution in [0.4, 0.5) is 5.69 Å². The van der Waals surface area contributed by atoms with Crippen LogP contribution in [-0.2, 0) is 4.79 Å². The number of hydrogen-bond acceptors (Lipinski definition) is 4. The number of halogens is 3. The minimum atomic E-state index is -0.568. The molecule has 0 aliphatic carbocycles. The van der Waals surface area contributed by atoms with Gasteiger partial charge in [-0.15, -0.1) is 0 Å². The Kier molecular flexibility index (Phi) is 8.18. The zero-order valence-electron chi connectivity index (χ0n) is 14.8. The van der Waals surface area contributed by atoms with Gasteiger partial charge in [-0.05, 0) is 64.6 Å². The molecule has 0 aliphatic rings. The van der Waals surface area contributed by atoms with Crippen molar-refractivity contribution in [1.82, 2.24) is 0 Å². The highest BCUT2D eigenvalue weighted by atomic mass is 127. The van der Waals surface area contributed by atoms with Gasteiger partial charge < -0.3 is 14.8 Å². The van der Waals surface area contributed by atoms with E-state index in [0.717, 1.165) is 3.57 Å². The van der Waals surface area contributed by atoms with E-state index >= 15 is 0 Å². The molecule has 5 nitrogen and oxygen atoms in total. The zero-order valence-corrected chi connectivity index (χ0v) is 18.4. The molecule has 0 bridgehead atoms. The quantitative estimate of drug-likeness (QED) is 0.216. The summed E-state index contributed by atoms with van der Waals surface area (Å²) in [5, 5.41) is 12.7. The molecular weight excluding hydrogens is 514 g/mol. The molecule has 1 amide bonds. The van der Waals surface area contributed by atoms with Gasteiger partial charge in [-0.1, -0.05) is 35.9 Å². The van der Waals surface area contributed by atoms with E-state index in [1.54, 1.807) is 30.3 Å². The number of rotatable bonds is 7. The topological polar surface area (TPSA) is 71.3 Å². The standard InChI is InChI=1S/C20H15Cl2IN2O3/c1-3-6-28-19-17(23)8-12(9-18(19)27-2)7-13(11-24)20(26)25-14-4-5-15(21)16(22)10-14/h3-5,7-10H,1,6H2,2H3,(H,25,26)/b13-7+. The first-order chi connectivity index (χ1) is 13.4. The van der Waals surface area contributed by atoms with Crippen LogP contribution in [0, 0.1) is 14.9 Å². The second kappa shape index (κ2) is 10.4. The minimum absolute atomic E-state index is 0.0799. The predicted octanol–water partition coefficient (Wildman–Crippen LogP) is 5.72. The highest BCUT2D eigenvalue weighted by Gasteiger charge is 2.14. The van der Waals surface area contributed by atoms with Gasteiger partial charge >= 0.3 is 0 Å². The van der Waals surface area contributed by atoms with Crippen LogP contribution < -0.4 is 14.8 Å². The summed E-state index contributed by atoms with van der Waals surface area (Å²) in [7, 11) is 1.52. The number of benzene rings is 2. The SMILES string of the molecule is C=CCOc1c(I)cc(/C=C(\C#N)C(=O)Nc2ccc(Cl)c(Cl)c2)cc1OC. The largest absolute Gasteiger partial charge is 0.493 e. The lowest BCUT2D eigenvalue weighted by Crippen LogP contribution is -2.13. The van der Waals surface area contributed by atoms with Gasteiger partial charge in [-0.25, -0.2) is 0 Å². The molecule has 0 heterocycles. The monoisotopic (exact) mass is 528 g/mol. The van der Waals surface area contributed by atoms with Crippen LogP contribution in [0.2, 0.25) is 10.0 Å². The van der Waals surface area contributed by atoms with Crippen molar-refractivity contribution in [3.05, 3.63) is 67.7 Å². The van der Waals surface area contributed by atoms with Crippen LogP contribution in [0.15, 0.2) is 48.6 Å². The summed E-state index contributed by atoms with van der Waals surface area (Å²) in [5.41, 5.74) is 0.970. The highest BCUT2D eigenvalue weighted by Crippen LogP contribution is 2.34. The number of ether oxygens (including phenoxy) is 2. The van der Waals surface area contributed by atoms with Crippen LogP contribution in [0.5, 0.6) is 11.5 Å². The number of nitriles is 1. The Hall–Kier alpha value is -2.21. The fraction of sp³-hybridized carbons (Fsp3) is 0.100. The van der Waals surface area contributed by atoms with Crippen molar-refractivity contribution in [3.63, 3.8) is 0 Å². The lowest BCUT2D eigenvalue weighted by atomic mass is 10.1. The average molecular weight is 529 g/mol. The maximum atomic E-state index is 12.4. The Labute approximate surface area is 186 Å². The molecule has 0 radical (unpaired) electrons. The first kappa shape index (κ1) is 22.1. The second-order valence-electron chi connectivity index (χ2n) is 5.39. The summed E-state index contributed by atoms with van der Waals surface area (Å²) >= 11 is 13.9.